The number of aromatic nitrogens is 4. The van der Waals surface area contributed by atoms with Gasteiger partial charge in [-0.15, -0.1) is 0 Å². The highest BCUT2D eigenvalue weighted by molar-refractivity contribution is 6.31. The molecule has 0 saturated heterocycles. The Morgan fingerprint density at radius 3 is 2.78 bits per heavy atom. The molecule has 2 atom stereocenters. The van der Waals surface area contributed by atoms with Gasteiger partial charge >= 0.3 is 0 Å². The summed E-state index contributed by atoms with van der Waals surface area (Å²) in [6, 6.07) is 1.81. The number of fused-ring (bicyclic) bond motifs is 2. The van der Waals surface area contributed by atoms with Crippen LogP contribution in [0.4, 0.5) is 5.82 Å². The smallest absolute Gasteiger partial charge is 0.162 e. The van der Waals surface area contributed by atoms with Gasteiger partial charge in [0.15, 0.2) is 11.5 Å². The molecule has 2 aromatic heterocycles. The molecule has 3 heterocycles. The Morgan fingerprint density at radius 1 is 1.22 bits per heavy atom. The first-order valence-electron chi connectivity index (χ1n) is 10.4. The first-order valence-corrected chi connectivity index (χ1v) is 10.7. The Labute approximate surface area is 191 Å². The molecule has 2 aliphatic rings. The van der Waals surface area contributed by atoms with Crippen LogP contribution in [0.2, 0.25) is 5.02 Å². The molecule has 2 N–H and O–H groups in total. The normalized spacial score (nSPS) is 17.8. The van der Waals surface area contributed by atoms with Crippen LogP contribution >= 0.6 is 11.6 Å². The summed E-state index contributed by atoms with van der Waals surface area (Å²) in [5.41, 5.74) is 6.62. The number of methoxy groups -OCH3 is 1. The van der Waals surface area contributed by atoms with E-state index in [2.05, 4.69) is 31.3 Å². The second kappa shape index (κ2) is 7.63. The van der Waals surface area contributed by atoms with Crippen molar-refractivity contribution in [2.75, 3.05) is 26.5 Å². The van der Waals surface area contributed by atoms with E-state index in [-0.39, 0.29) is 12.0 Å². The number of aliphatic imine (C=N–C) groups is 1. The average Bonchev–Trinajstić information content (AvgIpc) is 3.42. The summed E-state index contributed by atoms with van der Waals surface area (Å²) >= 11 is 6.72. The molecule has 9 heteroatoms. The van der Waals surface area contributed by atoms with Gasteiger partial charge in [0.2, 0.25) is 0 Å². The molecule has 1 aliphatic heterocycles. The fourth-order valence-corrected chi connectivity index (χ4v) is 4.48. The summed E-state index contributed by atoms with van der Waals surface area (Å²) in [7, 11) is 5.71. The minimum atomic E-state index is -0.145. The van der Waals surface area contributed by atoms with Crippen LogP contribution in [-0.4, -0.2) is 51.9 Å². The molecule has 1 aromatic carbocycles. The number of allylic oxidation sites excluding steroid dienone is 2. The summed E-state index contributed by atoms with van der Waals surface area (Å²) in [6.07, 6.45) is 7.28. The monoisotopic (exact) mass is 449 g/mol. The summed E-state index contributed by atoms with van der Waals surface area (Å²) in [4.78, 5) is 22.7. The Kier molecular flexibility index (Phi) is 4.89. The number of ether oxygens (including phenoxy) is 1. The van der Waals surface area contributed by atoms with Crippen molar-refractivity contribution in [1.82, 2.24) is 24.8 Å². The van der Waals surface area contributed by atoms with Crippen LogP contribution < -0.4 is 10.1 Å². The zero-order valence-electron chi connectivity index (χ0n) is 18.6. The van der Waals surface area contributed by atoms with E-state index in [1.165, 1.54) is 11.9 Å². The van der Waals surface area contributed by atoms with Gasteiger partial charge in [0.1, 0.15) is 23.4 Å². The molecule has 0 spiro atoms. The van der Waals surface area contributed by atoms with E-state index in [1.807, 2.05) is 45.1 Å². The van der Waals surface area contributed by atoms with E-state index in [1.54, 1.807) is 13.4 Å². The van der Waals surface area contributed by atoms with Crippen LogP contribution in [0.3, 0.4) is 0 Å². The predicted octanol–water partition coefficient (Wildman–Crippen LogP) is 4.37. The highest BCUT2D eigenvalue weighted by Crippen LogP contribution is 2.50. The molecular formula is C23H24ClN7O. The van der Waals surface area contributed by atoms with Gasteiger partial charge in [-0.2, -0.15) is 0 Å². The zero-order valence-corrected chi connectivity index (χ0v) is 19.3. The molecule has 0 fully saturated rings. The molecule has 3 aromatic rings. The molecule has 164 valence electrons. The zero-order chi connectivity index (χ0) is 22.6. The number of H-pyrrole nitrogens is 1. The number of hydrogen-bond donors (Lipinski definition) is 2. The van der Waals surface area contributed by atoms with Crippen LogP contribution in [0.25, 0.3) is 16.7 Å². The lowest BCUT2D eigenvalue weighted by Crippen LogP contribution is -2.23. The van der Waals surface area contributed by atoms with Crippen molar-refractivity contribution in [1.29, 1.82) is 0 Å². The first-order chi connectivity index (χ1) is 15.4. The van der Waals surface area contributed by atoms with Gasteiger partial charge in [-0.3, -0.25) is 0 Å². The lowest BCUT2D eigenvalue weighted by Gasteiger charge is -2.25. The molecule has 1 aliphatic carbocycles. The summed E-state index contributed by atoms with van der Waals surface area (Å²) in [5.74, 6) is 2.66. The van der Waals surface area contributed by atoms with Gasteiger partial charge in [0.25, 0.3) is 0 Å². The number of aromatic amines is 1. The van der Waals surface area contributed by atoms with Crippen molar-refractivity contribution in [3.05, 3.63) is 58.3 Å². The average molecular weight is 450 g/mol. The lowest BCUT2D eigenvalue weighted by molar-refractivity contribution is 0.406. The Balaban J connectivity index is 1.57. The highest BCUT2D eigenvalue weighted by atomic mass is 35.5. The molecule has 0 bridgehead atoms. The number of imidazole rings is 1. The minimum Gasteiger partial charge on any atom is -0.496 e. The number of likely N-dealkylation sites (N-methyl/N-ethyl adjacent to an activating group) is 1. The van der Waals surface area contributed by atoms with Crippen molar-refractivity contribution in [2.45, 2.75) is 19.9 Å². The van der Waals surface area contributed by atoms with Gasteiger partial charge in [-0.25, -0.2) is 19.9 Å². The SMILES string of the molecule is COc1c(C(C)Nc2ncnc3[nH]cnc23)cc(Cl)c(C)c1C1=CN=C(N(C)C)C2=CC21. The van der Waals surface area contributed by atoms with Gasteiger partial charge in [-0.05, 0) is 31.1 Å². The molecule has 5 rings (SSSR count). The molecule has 0 amide bonds. The number of hydrogen-bond acceptors (Lipinski definition) is 7. The van der Waals surface area contributed by atoms with Crippen LogP contribution in [-0.2, 0) is 0 Å². The number of nitrogens with one attached hydrogen (secondary N) is 2. The summed E-state index contributed by atoms with van der Waals surface area (Å²) < 4.78 is 5.96. The first kappa shape index (κ1) is 20.5. The van der Waals surface area contributed by atoms with Gasteiger partial charge in [-0.1, -0.05) is 17.7 Å². The van der Waals surface area contributed by atoms with E-state index in [0.717, 1.165) is 33.8 Å². The fraction of sp³-hybridized carbons (Fsp3) is 0.304. The lowest BCUT2D eigenvalue weighted by atomic mass is 9.89. The van der Waals surface area contributed by atoms with Gasteiger partial charge in [0.05, 0.1) is 19.5 Å². The number of nitrogens with zero attached hydrogens (tertiary/aromatic N) is 5. The standard InChI is InChI=1S/C23H24ClN7O/c1-11-17(24)7-13(12(2)30-22-19-21(27-9-26-19)28-10-29-22)20(32-5)18(11)16-8-25-23(31(3)4)15-6-14(15)16/h6-10,12,14H,1-5H3,(H2,26,27,28,29,30). The topological polar surface area (TPSA) is 91.3 Å². The number of halogens is 1. The second-order valence-electron chi connectivity index (χ2n) is 8.20. The predicted molar refractivity (Wildman–Crippen MR) is 127 cm³/mol. The number of amidine groups is 1. The molecule has 32 heavy (non-hydrogen) atoms. The van der Waals surface area contributed by atoms with Crippen molar-refractivity contribution in [3.63, 3.8) is 0 Å². The second-order valence-corrected chi connectivity index (χ2v) is 8.61. The molecule has 2 unspecified atom stereocenters. The third kappa shape index (κ3) is 3.22. The van der Waals surface area contributed by atoms with Crippen molar-refractivity contribution in [2.24, 2.45) is 10.9 Å². The molecule has 0 saturated carbocycles. The van der Waals surface area contributed by atoms with Crippen molar-refractivity contribution >= 4 is 40.0 Å². The van der Waals surface area contributed by atoms with Crippen molar-refractivity contribution < 1.29 is 4.74 Å². The van der Waals surface area contributed by atoms with Gasteiger partial charge in [0, 0.05) is 47.9 Å². The van der Waals surface area contributed by atoms with Crippen molar-refractivity contribution in [3.8, 4) is 5.75 Å². The Bertz CT molecular complexity index is 1320. The summed E-state index contributed by atoms with van der Waals surface area (Å²) in [5, 5.41) is 4.13. The highest BCUT2D eigenvalue weighted by Gasteiger charge is 2.38. The summed E-state index contributed by atoms with van der Waals surface area (Å²) in [6.45, 7) is 4.07. The Hall–Kier alpha value is -3.39. The maximum atomic E-state index is 6.72. The third-order valence-corrected chi connectivity index (χ3v) is 6.34. The Morgan fingerprint density at radius 2 is 2.03 bits per heavy atom. The number of rotatable bonds is 5. The van der Waals surface area contributed by atoms with Crippen LogP contribution in [0.5, 0.6) is 5.75 Å². The van der Waals surface area contributed by atoms with E-state index in [4.69, 9.17) is 21.3 Å². The van der Waals surface area contributed by atoms with Gasteiger partial charge < -0.3 is 19.9 Å². The molecular weight excluding hydrogens is 426 g/mol. The van der Waals surface area contributed by atoms with E-state index >= 15 is 0 Å². The minimum absolute atomic E-state index is 0.145. The van der Waals surface area contributed by atoms with E-state index in [0.29, 0.717) is 22.0 Å². The molecule has 0 radical (unpaired) electrons. The van der Waals surface area contributed by atoms with E-state index in [9.17, 15) is 0 Å². The molecule has 8 nitrogen and oxygen atoms in total. The number of benzene rings is 1. The largest absolute Gasteiger partial charge is 0.496 e. The number of anilines is 1. The maximum Gasteiger partial charge on any atom is 0.162 e. The van der Waals surface area contributed by atoms with E-state index < -0.39 is 0 Å². The quantitative estimate of drug-likeness (QED) is 0.601. The van der Waals surface area contributed by atoms with Crippen LogP contribution in [0.1, 0.15) is 29.7 Å². The van der Waals surface area contributed by atoms with Crippen LogP contribution in [0, 0.1) is 12.8 Å². The third-order valence-electron chi connectivity index (χ3n) is 5.95. The maximum absolute atomic E-state index is 6.72. The van der Waals surface area contributed by atoms with Crippen LogP contribution in [0.15, 0.2) is 41.6 Å². The fourth-order valence-electron chi connectivity index (χ4n) is 4.27.